The van der Waals surface area contributed by atoms with E-state index >= 15 is 0 Å². The van der Waals surface area contributed by atoms with Crippen molar-refractivity contribution in [2.75, 3.05) is 6.61 Å². The van der Waals surface area contributed by atoms with Gasteiger partial charge in [0, 0.05) is 24.2 Å². The molecule has 1 saturated heterocycles. The second kappa shape index (κ2) is 5.06. The number of rotatable bonds is 3. The van der Waals surface area contributed by atoms with E-state index < -0.39 is 18.3 Å². The van der Waals surface area contributed by atoms with Crippen LogP contribution in [0.1, 0.15) is 33.4 Å². The van der Waals surface area contributed by atoms with Crippen molar-refractivity contribution in [2.24, 2.45) is 0 Å². The Kier molecular flexibility index (Phi) is 3.93. The molecule has 104 valence electrons. The fourth-order valence-electron chi connectivity index (χ4n) is 1.88. The molecule has 0 unspecified atom stereocenters. The van der Waals surface area contributed by atoms with E-state index in [0.29, 0.717) is 11.6 Å². The molecule has 0 amide bonds. The van der Waals surface area contributed by atoms with Crippen molar-refractivity contribution in [1.29, 1.82) is 0 Å². The zero-order valence-corrected chi connectivity index (χ0v) is 12.5. The topological polar surface area (TPSA) is 51.6 Å². The Morgan fingerprint density at radius 1 is 1.21 bits per heavy atom. The standard InChI is InChI=1S/C13H19BClNO3/c1-12(2)13(3,4)19-14(18-12)10-6-5-9(7-8-17)16-11(10)15/h5-6,17H,7-8H2,1-4H3. The van der Waals surface area contributed by atoms with Gasteiger partial charge in [0.15, 0.2) is 0 Å². The summed E-state index contributed by atoms with van der Waals surface area (Å²) in [5.74, 6) is 0. The molecule has 1 N–H and O–H groups in total. The molecule has 0 aliphatic carbocycles. The number of aromatic nitrogens is 1. The Balaban J connectivity index is 2.25. The van der Waals surface area contributed by atoms with E-state index in [1.807, 2.05) is 39.8 Å². The molecule has 0 aromatic carbocycles. The van der Waals surface area contributed by atoms with E-state index in [-0.39, 0.29) is 6.61 Å². The number of halogens is 1. The first kappa shape index (κ1) is 14.8. The van der Waals surface area contributed by atoms with Crippen molar-refractivity contribution < 1.29 is 14.4 Å². The van der Waals surface area contributed by atoms with Crippen molar-refractivity contribution in [3.8, 4) is 0 Å². The minimum atomic E-state index is -0.506. The van der Waals surface area contributed by atoms with Gasteiger partial charge in [-0.05, 0) is 33.8 Å². The quantitative estimate of drug-likeness (QED) is 0.676. The molecule has 1 fully saturated rings. The van der Waals surface area contributed by atoms with Gasteiger partial charge in [-0.25, -0.2) is 4.98 Å². The van der Waals surface area contributed by atoms with Crippen LogP contribution in [0.25, 0.3) is 0 Å². The maximum Gasteiger partial charge on any atom is 0.498 e. The molecule has 1 aliphatic rings. The van der Waals surface area contributed by atoms with E-state index in [0.717, 1.165) is 11.2 Å². The molecule has 6 heteroatoms. The zero-order chi connectivity index (χ0) is 14.3. The third-order valence-electron chi connectivity index (χ3n) is 3.81. The van der Waals surface area contributed by atoms with Crippen LogP contribution in [0.3, 0.4) is 0 Å². The summed E-state index contributed by atoms with van der Waals surface area (Å²) in [6.07, 6.45) is 0.489. The lowest BCUT2D eigenvalue weighted by atomic mass is 9.80. The van der Waals surface area contributed by atoms with Crippen LogP contribution < -0.4 is 5.46 Å². The first-order valence-corrected chi connectivity index (χ1v) is 6.76. The number of aliphatic hydroxyl groups excluding tert-OH is 1. The fourth-order valence-corrected chi connectivity index (χ4v) is 2.14. The summed E-state index contributed by atoms with van der Waals surface area (Å²) in [6, 6.07) is 3.69. The molecular weight excluding hydrogens is 264 g/mol. The smallest absolute Gasteiger partial charge is 0.399 e. The molecule has 2 heterocycles. The predicted molar refractivity (Wildman–Crippen MR) is 75.8 cm³/mol. The number of pyridine rings is 1. The summed E-state index contributed by atoms with van der Waals surface area (Å²) in [5.41, 5.74) is 0.685. The molecule has 0 spiro atoms. The number of hydrogen-bond acceptors (Lipinski definition) is 4. The normalized spacial score (nSPS) is 20.8. The predicted octanol–water partition coefficient (Wildman–Crippen LogP) is 1.57. The lowest BCUT2D eigenvalue weighted by Gasteiger charge is -2.32. The molecule has 0 saturated carbocycles. The van der Waals surface area contributed by atoms with E-state index in [9.17, 15) is 0 Å². The minimum absolute atomic E-state index is 0.0547. The van der Waals surface area contributed by atoms with E-state index in [4.69, 9.17) is 26.0 Å². The lowest BCUT2D eigenvalue weighted by molar-refractivity contribution is 0.00578. The average Bonchev–Trinajstić information content (AvgIpc) is 2.48. The molecule has 19 heavy (non-hydrogen) atoms. The van der Waals surface area contributed by atoms with Crippen molar-refractivity contribution in [3.05, 3.63) is 23.0 Å². The molecular formula is C13H19BClNO3. The zero-order valence-electron chi connectivity index (χ0n) is 11.7. The molecule has 1 aliphatic heterocycles. The van der Waals surface area contributed by atoms with Gasteiger partial charge >= 0.3 is 7.12 Å². The molecule has 4 nitrogen and oxygen atoms in total. The summed E-state index contributed by atoms with van der Waals surface area (Å²) in [7, 11) is -0.506. The molecule has 0 bridgehead atoms. The van der Waals surface area contributed by atoms with Gasteiger partial charge in [0.1, 0.15) is 5.15 Å². The Labute approximate surface area is 119 Å². The first-order chi connectivity index (χ1) is 8.77. The summed E-state index contributed by atoms with van der Waals surface area (Å²) in [6.45, 7) is 8.03. The Morgan fingerprint density at radius 3 is 2.26 bits per heavy atom. The minimum Gasteiger partial charge on any atom is -0.399 e. The number of hydrogen-bond donors (Lipinski definition) is 1. The van der Waals surface area contributed by atoms with Crippen LogP contribution in [-0.2, 0) is 15.7 Å². The average molecular weight is 284 g/mol. The first-order valence-electron chi connectivity index (χ1n) is 6.38. The molecule has 1 aromatic rings. The van der Waals surface area contributed by atoms with Crippen molar-refractivity contribution in [3.63, 3.8) is 0 Å². The molecule has 0 atom stereocenters. The van der Waals surface area contributed by atoms with Crippen LogP contribution >= 0.6 is 11.6 Å². The molecule has 2 rings (SSSR count). The molecule has 0 radical (unpaired) electrons. The van der Waals surface area contributed by atoms with Crippen LogP contribution in [-0.4, -0.2) is 35.0 Å². The Hall–Kier alpha value is -0.615. The highest BCUT2D eigenvalue weighted by atomic mass is 35.5. The van der Waals surface area contributed by atoms with Crippen LogP contribution in [0.5, 0.6) is 0 Å². The van der Waals surface area contributed by atoms with Gasteiger partial charge in [-0.3, -0.25) is 0 Å². The Morgan fingerprint density at radius 2 is 1.79 bits per heavy atom. The Bertz CT molecular complexity index is 463. The highest BCUT2D eigenvalue weighted by molar-refractivity contribution is 6.65. The summed E-state index contributed by atoms with van der Waals surface area (Å²) < 4.78 is 11.9. The second-order valence-electron chi connectivity index (χ2n) is 5.74. The van der Waals surface area contributed by atoms with Crippen molar-refractivity contribution in [2.45, 2.75) is 45.3 Å². The van der Waals surface area contributed by atoms with Gasteiger partial charge < -0.3 is 14.4 Å². The maximum atomic E-state index is 8.90. The third-order valence-corrected chi connectivity index (χ3v) is 4.11. The summed E-state index contributed by atoms with van der Waals surface area (Å²) in [4.78, 5) is 4.25. The maximum absolute atomic E-state index is 8.90. The van der Waals surface area contributed by atoms with E-state index in [2.05, 4.69) is 4.98 Å². The SMILES string of the molecule is CC1(C)OB(c2ccc(CCO)nc2Cl)OC1(C)C. The number of nitrogens with zero attached hydrogens (tertiary/aromatic N) is 1. The third kappa shape index (κ3) is 2.79. The largest absolute Gasteiger partial charge is 0.498 e. The summed E-state index contributed by atoms with van der Waals surface area (Å²) in [5, 5.41) is 9.26. The van der Waals surface area contributed by atoms with Crippen LogP contribution in [0, 0.1) is 0 Å². The molecule has 1 aromatic heterocycles. The van der Waals surface area contributed by atoms with Gasteiger partial charge in [0.2, 0.25) is 0 Å². The summed E-state index contributed by atoms with van der Waals surface area (Å²) >= 11 is 6.18. The van der Waals surface area contributed by atoms with E-state index in [1.54, 1.807) is 0 Å². The second-order valence-corrected chi connectivity index (χ2v) is 6.10. The fraction of sp³-hybridized carbons (Fsp3) is 0.615. The van der Waals surface area contributed by atoms with Crippen molar-refractivity contribution in [1.82, 2.24) is 4.98 Å². The van der Waals surface area contributed by atoms with Crippen LogP contribution in [0.15, 0.2) is 12.1 Å². The van der Waals surface area contributed by atoms with Gasteiger partial charge in [0.05, 0.1) is 11.2 Å². The van der Waals surface area contributed by atoms with Crippen LogP contribution in [0.2, 0.25) is 5.15 Å². The van der Waals surface area contributed by atoms with Crippen LogP contribution in [0.4, 0.5) is 0 Å². The highest BCUT2D eigenvalue weighted by Crippen LogP contribution is 2.36. The van der Waals surface area contributed by atoms with Gasteiger partial charge in [-0.1, -0.05) is 17.7 Å². The van der Waals surface area contributed by atoms with Crippen molar-refractivity contribution >= 4 is 24.2 Å². The van der Waals surface area contributed by atoms with Gasteiger partial charge in [0.25, 0.3) is 0 Å². The monoisotopic (exact) mass is 283 g/mol. The van der Waals surface area contributed by atoms with E-state index in [1.165, 1.54) is 0 Å². The number of aliphatic hydroxyl groups is 1. The lowest BCUT2D eigenvalue weighted by Crippen LogP contribution is -2.41. The highest BCUT2D eigenvalue weighted by Gasteiger charge is 2.52. The van der Waals surface area contributed by atoms with Gasteiger partial charge in [-0.15, -0.1) is 0 Å². The van der Waals surface area contributed by atoms with Gasteiger partial charge in [-0.2, -0.15) is 0 Å².